The zero-order valence-corrected chi connectivity index (χ0v) is 14.2. The molecule has 1 rings (SSSR count). The number of Topliss-reactive ketones (excluding diaryl/α,β-unsaturated/α-hetero) is 1. The second kappa shape index (κ2) is 10.6. The topological polar surface area (TPSA) is 142 Å². The van der Waals surface area contributed by atoms with Crippen LogP contribution in [0, 0.1) is 0 Å². The molecule has 0 radical (unpaired) electrons. The van der Waals surface area contributed by atoms with E-state index in [1.54, 1.807) is 37.3 Å². The van der Waals surface area contributed by atoms with Gasteiger partial charge in [0.05, 0.1) is 12.6 Å². The molecule has 3 amide bonds. The van der Waals surface area contributed by atoms with E-state index in [4.69, 9.17) is 0 Å². The Morgan fingerprint density at radius 1 is 1.15 bits per heavy atom. The molecular weight excluding hydrogens is 342 g/mol. The van der Waals surface area contributed by atoms with E-state index in [2.05, 4.69) is 16.0 Å². The van der Waals surface area contributed by atoms with Gasteiger partial charge in [0.2, 0.25) is 18.1 Å². The maximum atomic E-state index is 11.9. The summed E-state index contributed by atoms with van der Waals surface area (Å²) in [4.78, 5) is 57.5. The molecule has 0 aliphatic carbocycles. The Hall–Kier alpha value is -3.23. The van der Waals surface area contributed by atoms with Gasteiger partial charge in [0.25, 0.3) is 5.91 Å². The molecule has 0 aliphatic rings. The molecule has 140 valence electrons. The molecular formula is C17H21N3O6. The number of benzene rings is 1. The predicted octanol–water partition coefficient (Wildman–Crippen LogP) is -0.471. The molecule has 9 nitrogen and oxygen atoms in total. The van der Waals surface area contributed by atoms with E-state index in [9.17, 15) is 29.1 Å². The number of ketones is 1. The van der Waals surface area contributed by atoms with Crippen LogP contribution in [0.5, 0.6) is 0 Å². The average molecular weight is 363 g/mol. The zero-order valence-electron chi connectivity index (χ0n) is 14.2. The number of carbonyl (C=O) groups is 5. The maximum absolute atomic E-state index is 11.9. The van der Waals surface area contributed by atoms with Crippen molar-refractivity contribution in [2.24, 2.45) is 0 Å². The number of hydrogen-bond acceptors (Lipinski definition) is 5. The van der Waals surface area contributed by atoms with E-state index in [-0.39, 0.29) is 6.42 Å². The lowest BCUT2D eigenvalue weighted by atomic mass is 10.1. The summed E-state index contributed by atoms with van der Waals surface area (Å²) in [5, 5.41) is 15.9. The Kier molecular flexibility index (Phi) is 8.48. The van der Waals surface area contributed by atoms with Crippen LogP contribution >= 0.6 is 0 Å². The van der Waals surface area contributed by atoms with E-state index >= 15 is 0 Å². The lowest BCUT2D eigenvalue weighted by molar-refractivity contribution is -0.142. The lowest BCUT2D eigenvalue weighted by Gasteiger charge is -2.16. The molecule has 0 aromatic heterocycles. The van der Waals surface area contributed by atoms with Crippen molar-refractivity contribution in [1.29, 1.82) is 0 Å². The van der Waals surface area contributed by atoms with Gasteiger partial charge in [-0.2, -0.15) is 0 Å². The molecule has 1 aromatic carbocycles. The molecule has 0 bridgehead atoms. The summed E-state index contributed by atoms with van der Waals surface area (Å²) in [7, 11) is 0. The second-order valence-electron chi connectivity index (χ2n) is 5.42. The lowest BCUT2D eigenvalue weighted by Crippen LogP contribution is -2.48. The van der Waals surface area contributed by atoms with Gasteiger partial charge in [-0.15, -0.1) is 0 Å². The van der Waals surface area contributed by atoms with Gasteiger partial charge in [0.15, 0.2) is 6.04 Å². The summed E-state index contributed by atoms with van der Waals surface area (Å²) < 4.78 is 0. The van der Waals surface area contributed by atoms with Crippen molar-refractivity contribution >= 4 is 30.0 Å². The minimum absolute atomic E-state index is 0.284. The maximum Gasteiger partial charge on any atom is 0.330 e. The van der Waals surface area contributed by atoms with Crippen LogP contribution in [-0.4, -0.2) is 47.7 Å². The van der Waals surface area contributed by atoms with Crippen LogP contribution in [0.1, 0.15) is 31.4 Å². The Balaban J connectivity index is 2.61. The van der Waals surface area contributed by atoms with Crippen LogP contribution in [0.2, 0.25) is 0 Å². The van der Waals surface area contributed by atoms with E-state index in [0.717, 1.165) is 0 Å². The Morgan fingerprint density at radius 2 is 1.81 bits per heavy atom. The first-order chi connectivity index (χ1) is 12.4. The molecule has 9 heteroatoms. The highest BCUT2D eigenvalue weighted by atomic mass is 16.4. The standard InChI is InChI=1S/C17H21N3O6/c1-2-6-12(19-10-21)15(23)16(24)18-9-13(22)20-14(17(25)26)11-7-4-3-5-8-11/h3-5,7-8,10,12,14H,2,6,9H2,1H3,(H,18,24)(H,19,21)(H,20,22)(H,25,26). The van der Waals surface area contributed by atoms with Gasteiger partial charge < -0.3 is 21.1 Å². The molecule has 26 heavy (non-hydrogen) atoms. The largest absolute Gasteiger partial charge is 0.479 e. The minimum Gasteiger partial charge on any atom is -0.479 e. The van der Waals surface area contributed by atoms with Crippen LogP contribution in [0.3, 0.4) is 0 Å². The Labute approximate surface area is 150 Å². The Morgan fingerprint density at radius 3 is 2.35 bits per heavy atom. The van der Waals surface area contributed by atoms with E-state index in [1.807, 2.05) is 0 Å². The highest BCUT2D eigenvalue weighted by molar-refractivity contribution is 6.38. The smallest absolute Gasteiger partial charge is 0.330 e. The van der Waals surface area contributed by atoms with E-state index < -0.39 is 42.2 Å². The van der Waals surface area contributed by atoms with Gasteiger partial charge >= 0.3 is 5.97 Å². The monoisotopic (exact) mass is 363 g/mol. The molecule has 4 N–H and O–H groups in total. The molecule has 2 unspecified atom stereocenters. The third-order valence-corrected chi connectivity index (χ3v) is 3.48. The Bertz CT molecular complexity index is 662. The van der Waals surface area contributed by atoms with Crippen molar-refractivity contribution in [3.05, 3.63) is 35.9 Å². The number of rotatable bonds is 11. The number of aliphatic carboxylic acids is 1. The van der Waals surface area contributed by atoms with Crippen LogP contribution in [0.4, 0.5) is 0 Å². The van der Waals surface area contributed by atoms with Gasteiger partial charge in [-0.05, 0) is 12.0 Å². The summed E-state index contributed by atoms with van der Waals surface area (Å²) in [6, 6.07) is 5.81. The number of carboxylic acid groups (broad SMARTS) is 1. The average Bonchev–Trinajstić information content (AvgIpc) is 2.63. The van der Waals surface area contributed by atoms with Crippen molar-refractivity contribution in [2.75, 3.05) is 6.54 Å². The number of carboxylic acids is 1. The van der Waals surface area contributed by atoms with Gasteiger partial charge in [-0.25, -0.2) is 4.79 Å². The molecule has 0 saturated heterocycles. The van der Waals surface area contributed by atoms with Crippen LogP contribution in [0.25, 0.3) is 0 Å². The molecule has 0 spiro atoms. The summed E-state index contributed by atoms with van der Waals surface area (Å²) in [5.41, 5.74) is 0.369. The van der Waals surface area contributed by atoms with E-state index in [0.29, 0.717) is 18.4 Å². The number of amides is 3. The van der Waals surface area contributed by atoms with Crippen molar-refractivity contribution in [3.63, 3.8) is 0 Å². The molecule has 1 aromatic rings. The van der Waals surface area contributed by atoms with Crippen LogP contribution in [-0.2, 0) is 24.0 Å². The van der Waals surface area contributed by atoms with Crippen molar-refractivity contribution < 1.29 is 29.1 Å². The van der Waals surface area contributed by atoms with Gasteiger partial charge in [-0.1, -0.05) is 43.7 Å². The molecule has 2 atom stereocenters. The molecule has 0 fully saturated rings. The SMILES string of the molecule is CCCC(NC=O)C(=O)C(=O)NCC(=O)NC(C(=O)O)c1ccccc1. The van der Waals surface area contributed by atoms with Crippen LogP contribution < -0.4 is 16.0 Å². The van der Waals surface area contributed by atoms with E-state index in [1.165, 1.54) is 0 Å². The third-order valence-electron chi connectivity index (χ3n) is 3.48. The van der Waals surface area contributed by atoms with Crippen molar-refractivity contribution in [1.82, 2.24) is 16.0 Å². The summed E-state index contributed by atoms with van der Waals surface area (Å²) >= 11 is 0. The fourth-order valence-corrected chi connectivity index (χ4v) is 2.21. The predicted molar refractivity (Wildman–Crippen MR) is 90.9 cm³/mol. The highest BCUT2D eigenvalue weighted by Gasteiger charge is 2.26. The van der Waals surface area contributed by atoms with Crippen molar-refractivity contribution in [3.8, 4) is 0 Å². The molecule has 0 heterocycles. The number of carbonyl (C=O) groups excluding carboxylic acids is 4. The highest BCUT2D eigenvalue weighted by Crippen LogP contribution is 2.12. The normalized spacial score (nSPS) is 12.3. The second-order valence-corrected chi connectivity index (χ2v) is 5.42. The minimum atomic E-state index is -1.28. The first kappa shape index (κ1) is 20.8. The van der Waals surface area contributed by atoms with Crippen LogP contribution in [0.15, 0.2) is 30.3 Å². The fraction of sp³-hybridized carbons (Fsp3) is 0.353. The fourth-order valence-electron chi connectivity index (χ4n) is 2.21. The van der Waals surface area contributed by atoms with Gasteiger partial charge in [0.1, 0.15) is 0 Å². The number of nitrogens with one attached hydrogen (secondary N) is 3. The van der Waals surface area contributed by atoms with Gasteiger partial charge in [0, 0.05) is 0 Å². The summed E-state index contributed by atoms with van der Waals surface area (Å²) in [6.45, 7) is 1.22. The number of hydrogen-bond donors (Lipinski definition) is 4. The first-order valence-electron chi connectivity index (χ1n) is 7.99. The van der Waals surface area contributed by atoms with Crippen molar-refractivity contribution in [2.45, 2.75) is 31.8 Å². The first-order valence-corrected chi connectivity index (χ1v) is 7.99. The zero-order chi connectivity index (χ0) is 19.5. The summed E-state index contributed by atoms with van der Waals surface area (Å²) in [5.74, 6) is -3.92. The quantitative estimate of drug-likeness (QED) is 0.309. The van der Waals surface area contributed by atoms with Gasteiger partial charge in [-0.3, -0.25) is 19.2 Å². The summed E-state index contributed by atoms with van der Waals surface area (Å²) in [6.07, 6.45) is 1.18. The molecule has 0 aliphatic heterocycles. The third kappa shape index (κ3) is 6.34. The molecule has 0 saturated carbocycles.